The van der Waals surface area contributed by atoms with Gasteiger partial charge in [0.25, 0.3) is 5.56 Å². The fraction of sp³-hybridized carbons (Fsp3) is 0.435. The van der Waals surface area contributed by atoms with Gasteiger partial charge < -0.3 is 14.7 Å². The molecule has 0 unspecified atom stereocenters. The van der Waals surface area contributed by atoms with Crippen LogP contribution in [0.3, 0.4) is 0 Å². The summed E-state index contributed by atoms with van der Waals surface area (Å²) in [6, 6.07) is 9.68. The summed E-state index contributed by atoms with van der Waals surface area (Å²) in [6.45, 7) is 8.76. The molecule has 4 rings (SSSR count). The predicted molar refractivity (Wildman–Crippen MR) is 132 cm³/mol. The van der Waals surface area contributed by atoms with Crippen LogP contribution in [0.25, 0.3) is 10.2 Å². The van der Waals surface area contributed by atoms with E-state index >= 15 is 0 Å². The van der Waals surface area contributed by atoms with Crippen LogP contribution in [0, 0.1) is 0 Å². The van der Waals surface area contributed by atoms with Gasteiger partial charge in [0.05, 0.1) is 5.52 Å². The third-order valence-electron chi connectivity index (χ3n) is 5.95. The molecule has 2 aromatic heterocycles. The van der Waals surface area contributed by atoms with Crippen LogP contribution in [0.2, 0.25) is 5.02 Å². The molecule has 0 radical (unpaired) electrons. The molecule has 0 saturated carbocycles. The second-order valence-corrected chi connectivity index (χ2v) is 9.13. The third kappa shape index (κ3) is 4.61. The number of hydrogen-bond donors (Lipinski definition) is 0. The van der Waals surface area contributed by atoms with Gasteiger partial charge in [0.15, 0.2) is 0 Å². The van der Waals surface area contributed by atoms with Crippen molar-refractivity contribution in [1.29, 1.82) is 0 Å². The lowest BCUT2D eigenvalue weighted by Crippen LogP contribution is -2.49. The number of hydrogen-bond acceptors (Lipinski definition) is 6. The Labute approximate surface area is 196 Å². The first-order valence-corrected chi connectivity index (χ1v) is 12.3. The molecule has 0 spiro atoms. The van der Waals surface area contributed by atoms with Crippen molar-refractivity contribution in [3.63, 3.8) is 0 Å². The number of aromatic nitrogens is 2. The quantitative estimate of drug-likeness (QED) is 0.523. The van der Waals surface area contributed by atoms with Gasteiger partial charge in [-0.15, -0.1) is 11.3 Å². The Morgan fingerprint density at radius 1 is 1.16 bits per heavy atom. The first kappa shape index (κ1) is 22.6. The summed E-state index contributed by atoms with van der Waals surface area (Å²) in [6.07, 6.45) is 0.282. The van der Waals surface area contributed by atoms with Gasteiger partial charge in [0.2, 0.25) is 11.9 Å². The van der Waals surface area contributed by atoms with E-state index in [0.29, 0.717) is 35.3 Å². The standard InChI is InChI=1S/C23H28ClN5O2S/c1-3-26(4-2)23-25-19-9-15-32-21(19)22(31)29(23)10-8-20(30)28-13-11-27(12-14-28)18-7-5-6-17(24)16-18/h5-7,9,15-16H,3-4,8,10-14H2,1-2H3. The molecule has 0 bridgehead atoms. The summed E-state index contributed by atoms with van der Waals surface area (Å²) in [5.41, 5.74) is 1.74. The van der Waals surface area contributed by atoms with Crippen LogP contribution in [-0.4, -0.2) is 59.6 Å². The Bertz CT molecular complexity index is 1150. The second kappa shape index (κ2) is 9.92. The van der Waals surface area contributed by atoms with Crippen molar-refractivity contribution in [2.24, 2.45) is 0 Å². The summed E-state index contributed by atoms with van der Waals surface area (Å²) in [7, 11) is 0. The molecule has 7 nitrogen and oxygen atoms in total. The summed E-state index contributed by atoms with van der Waals surface area (Å²) in [5, 5.41) is 2.60. The van der Waals surface area contributed by atoms with Gasteiger partial charge in [-0.1, -0.05) is 17.7 Å². The van der Waals surface area contributed by atoms with Crippen molar-refractivity contribution in [2.75, 3.05) is 49.1 Å². The molecule has 0 aliphatic carbocycles. The van der Waals surface area contributed by atoms with Gasteiger partial charge in [-0.3, -0.25) is 14.2 Å². The summed E-state index contributed by atoms with van der Waals surface area (Å²) in [5.74, 6) is 0.712. The van der Waals surface area contributed by atoms with E-state index in [1.165, 1.54) is 11.3 Å². The van der Waals surface area contributed by atoms with Crippen molar-refractivity contribution < 1.29 is 4.79 Å². The van der Waals surface area contributed by atoms with E-state index in [9.17, 15) is 9.59 Å². The molecule has 170 valence electrons. The van der Waals surface area contributed by atoms with Crippen LogP contribution in [0.4, 0.5) is 11.6 Å². The monoisotopic (exact) mass is 473 g/mol. The molecular formula is C23H28ClN5O2S. The Hall–Kier alpha value is -2.58. The molecule has 3 aromatic rings. The van der Waals surface area contributed by atoms with Crippen molar-refractivity contribution in [1.82, 2.24) is 14.5 Å². The van der Waals surface area contributed by atoms with E-state index in [1.54, 1.807) is 4.57 Å². The lowest BCUT2D eigenvalue weighted by molar-refractivity contribution is -0.131. The highest BCUT2D eigenvalue weighted by molar-refractivity contribution is 7.17. The molecule has 1 aliphatic rings. The van der Waals surface area contributed by atoms with Crippen molar-refractivity contribution in [3.8, 4) is 0 Å². The molecule has 32 heavy (non-hydrogen) atoms. The van der Waals surface area contributed by atoms with Crippen LogP contribution in [0.15, 0.2) is 40.5 Å². The first-order chi connectivity index (χ1) is 15.5. The van der Waals surface area contributed by atoms with E-state index < -0.39 is 0 Å². The predicted octanol–water partition coefficient (Wildman–Crippen LogP) is 3.70. The second-order valence-electron chi connectivity index (χ2n) is 7.77. The number of halogens is 1. The minimum absolute atomic E-state index is 0.0644. The van der Waals surface area contributed by atoms with Gasteiger partial charge in [-0.05, 0) is 43.5 Å². The number of benzene rings is 1. The number of anilines is 2. The topological polar surface area (TPSA) is 61.7 Å². The van der Waals surface area contributed by atoms with Gasteiger partial charge in [-0.2, -0.15) is 0 Å². The number of piperazine rings is 1. The highest BCUT2D eigenvalue weighted by atomic mass is 35.5. The van der Waals surface area contributed by atoms with E-state index in [2.05, 4.69) is 9.80 Å². The first-order valence-electron chi connectivity index (χ1n) is 11.0. The maximum Gasteiger partial charge on any atom is 0.272 e. The van der Waals surface area contributed by atoms with Crippen LogP contribution in [-0.2, 0) is 11.3 Å². The van der Waals surface area contributed by atoms with Crippen molar-refractivity contribution in [3.05, 3.63) is 51.1 Å². The number of fused-ring (bicyclic) bond motifs is 1. The largest absolute Gasteiger partial charge is 0.368 e. The normalized spacial score (nSPS) is 14.2. The Morgan fingerprint density at radius 3 is 2.59 bits per heavy atom. The number of nitrogens with zero attached hydrogens (tertiary/aromatic N) is 5. The molecule has 3 heterocycles. The molecule has 1 saturated heterocycles. The fourth-order valence-corrected chi connectivity index (χ4v) is 5.10. The average Bonchev–Trinajstić information content (AvgIpc) is 3.28. The Kier molecular flexibility index (Phi) is 7.01. The fourth-order valence-electron chi connectivity index (χ4n) is 4.13. The minimum atomic E-state index is -0.0644. The molecule has 0 N–H and O–H groups in total. The number of amides is 1. The third-order valence-corrected chi connectivity index (χ3v) is 7.07. The molecule has 1 aromatic carbocycles. The summed E-state index contributed by atoms with van der Waals surface area (Å²) < 4.78 is 2.31. The van der Waals surface area contributed by atoms with Crippen LogP contribution in [0.5, 0.6) is 0 Å². The average molecular weight is 474 g/mol. The SMILES string of the molecule is CCN(CC)c1nc2ccsc2c(=O)n1CCC(=O)N1CCN(c2cccc(Cl)c2)CC1. The Morgan fingerprint density at radius 2 is 1.91 bits per heavy atom. The van der Waals surface area contributed by atoms with Gasteiger partial charge in [0, 0.05) is 62.9 Å². The van der Waals surface area contributed by atoms with Crippen LogP contribution in [0.1, 0.15) is 20.3 Å². The Balaban J connectivity index is 1.44. The molecule has 0 atom stereocenters. The molecule has 1 aliphatic heterocycles. The van der Waals surface area contributed by atoms with Crippen molar-refractivity contribution in [2.45, 2.75) is 26.8 Å². The zero-order valence-corrected chi connectivity index (χ0v) is 20.0. The highest BCUT2D eigenvalue weighted by Crippen LogP contribution is 2.22. The minimum Gasteiger partial charge on any atom is -0.368 e. The lowest BCUT2D eigenvalue weighted by Gasteiger charge is -2.36. The van der Waals surface area contributed by atoms with Crippen molar-refractivity contribution >= 4 is 50.7 Å². The zero-order chi connectivity index (χ0) is 22.7. The molecule has 1 amide bonds. The summed E-state index contributed by atoms with van der Waals surface area (Å²) >= 11 is 7.51. The van der Waals surface area contributed by atoms with E-state index in [1.807, 2.05) is 54.5 Å². The lowest BCUT2D eigenvalue weighted by atomic mass is 10.2. The van der Waals surface area contributed by atoms with E-state index in [4.69, 9.17) is 16.6 Å². The van der Waals surface area contributed by atoms with Crippen LogP contribution < -0.4 is 15.4 Å². The van der Waals surface area contributed by atoms with E-state index in [-0.39, 0.29) is 17.9 Å². The van der Waals surface area contributed by atoms with E-state index in [0.717, 1.165) is 37.4 Å². The molecule has 1 fully saturated rings. The maximum absolute atomic E-state index is 13.1. The highest BCUT2D eigenvalue weighted by Gasteiger charge is 2.23. The number of carbonyl (C=O) groups is 1. The van der Waals surface area contributed by atoms with Gasteiger partial charge in [0.1, 0.15) is 4.70 Å². The number of rotatable bonds is 7. The zero-order valence-electron chi connectivity index (χ0n) is 18.5. The summed E-state index contributed by atoms with van der Waals surface area (Å²) in [4.78, 5) is 37.0. The van der Waals surface area contributed by atoms with Crippen LogP contribution >= 0.6 is 22.9 Å². The number of thiophene rings is 1. The molecular weight excluding hydrogens is 446 g/mol. The molecule has 9 heteroatoms. The van der Waals surface area contributed by atoms with Gasteiger partial charge in [-0.25, -0.2) is 4.98 Å². The number of carbonyl (C=O) groups excluding carboxylic acids is 1. The van der Waals surface area contributed by atoms with Gasteiger partial charge >= 0.3 is 0 Å². The smallest absolute Gasteiger partial charge is 0.272 e. The maximum atomic E-state index is 13.1.